The first-order valence-corrected chi connectivity index (χ1v) is 6.22. The fourth-order valence-corrected chi connectivity index (χ4v) is 1.17. The van der Waals surface area contributed by atoms with E-state index in [0.717, 1.165) is 19.3 Å². The molecule has 0 heterocycles. The van der Waals surface area contributed by atoms with Crippen LogP contribution in [0.5, 0.6) is 0 Å². The lowest BCUT2D eigenvalue weighted by molar-refractivity contribution is -0.397. The molecule has 0 bridgehead atoms. The summed E-state index contributed by atoms with van der Waals surface area (Å²) in [7, 11) is 0. The van der Waals surface area contributed by atoms with Crippen LogP contribution in [0, 0.1) is 0 Å². The van der Waals surface area contributed by atoms with E-state index < -0.39 is 12.1 Å². The van der Waals surface area contributed by atoms with Crippen molar-refractivity contribution in [1.82, 2.24) is 0 Å². The van der Waals surface area contributed by atoms with Crippen LogP contribution < -0.4 is 0 Å². The van der Waals surface area contributed by atoms with E-state index >= 15 is 0 Å². The Labute approximate surface area is 98.9 Å². The third-order valence-electron chi connectivity index (χ3n) is 2.11. The summed E-state index contributed by atoms with van der Waals surface area (Å²) < 4.78 is 16.1. The molecule has 0 aliphatic carbocycles. The molecular weight excluding hydrogens is 208 g/mol. The largest absolute Gasteiger partial charge is 0.370 e. The second-order valence-electron chi connectivity index (χ2n) is 3.84. The van der Waals surface area contributed by atoms with Gasteiger partial charge in [-0.15, -0.1) is 0 Å². The van der Waals surface area contributed by atoms with Crippen molar-refractivity contribution in [2.24, 2.45) is 0 Å². The quantitative estimate of drug-likeness (QED) is 0.589. The van der Waals surface area contributed by atoms with E-state index in [9.17, 15) is 5.11 Å². The minimum absolute atomic E-state index is 0.458. The van der Waals surface area contributed by atoms with Crippen LogP contribution in [-0.4, -0.2) is 37.0 Å². The minimum Gasteiger partial charge on any atom is -0.370 e. The number of aliphatic hydroxyl groups is 1. The van der Waals surface area contributed by atoms with Crippen molar-refractivity contribution in [3.05, 3.63) is 0 Å². The Kier molecular flexibility index (Phi) is 8.84. The van der Waals surface area contributed by atoms with E-state index in [1.54, 1.807) is 6.92 Å². The average Bonchev–Trinajstić information content (AvgIpc) is 2.30. The van der Waals surface area contributed by atoms with Crippen LogP contribution >= 0.6 is 0 Å². The molecule has 0 rings (SSSR count). The molecule has 1 N–H and O–H groups in total. The zero-order valence-electron chi connectivity index (χ0n) is 11.0. The molecule has 0 saturated carbocycles. The van der Waals surface area contributed by atoms with Gasteiger partial charge in [-0.05, 0) is 26.2 Å². The lowest BCUT2D eigenvalue weighted by atomic mass is 10.3. The predicted molar refractivity (Wildman–Crippen MR) is 63.1 cm³/mol. The van der Waals surface area contributed by atoms with E-state index in [1.165, 1.54) is 0 Å². The predicted octanol–water partition coefficient (Wildman–Crippen LogP) is 2.30. The van der Waals surface area contributed by atoms with Crippen LogP contribution in [0.25, 0.3) is 0 Å². The van der Waals surface area contributed by atoms with Crippen molar-refractivity contribution in [1.29, 1.82) is 0 Å². The van der Waals surface area contributed by atoms with Gasteiger partial charge in [0.05, 0.1) is 13.2 Å². The van der Waals surface area contributed by atoms with E-state index in [-0.39, 0.29) is 0 Å². The molecular formula is C12H26O4. The Hall–Kier alpha value is -0.160. The Bertz CT molecular complexity index is 153. The van der Waals surface area contributed by atoms with Crippen molar-refractivity contribution < 1.29 is 19.3 Å². The molecule has 4 nitrogen and oxygen atoms in total. The Morgan fingerprint density at radius 2 is 1.38 bits per heavy atom. The van der Waals surface area contributed by atoms with Gasteiger partial charge in [-0.25, -0.2) is 0 Å². The average molecular weight is 234 g/mol. The molecule has 0 aliphatic rings. The highest BCUT2D eigenvalue weighted by Gasteiger charge is 2.37. The highest BCUT2D eigenvalue weighted by molar-refractivity contribution is 4.65. The van der Waals surface area contributed by atoms with Crippen molar-refractivity contribution in [3.63, 3.8) is 0 Å². The zero-order chi connectivity index (χ0) is 12.4. The van der Waals surface area contributed by atoms with Crippen LogP contribution in [-0.2, 0) is 14.2 Å². The van der Waals surface area contributed by atoms with Crippen molar-refractivity contribution in [3.8, 4) is 0 Å². The number of ether oxygens (including phenoxy) is 3. The second-order valence-corrected chi connectivity index (χ2v) is 3.84. The van der Waals surface area contributed by atoms with Crippen molar-refractivity contribution >= 4 is 0 Å². The van der Waals surface area contributed by atoms with Gasteiger partial charge < -0.3 is 19.3 Å². The molecule has 0 radical (unpaired) electrons. The maximum Gasteiger partial charge on any atom is 0.308 e. The van der Waals surface area contributed by atoms with E-state index in [0.29, 0.717) is 19.8 Å². The fraction of sp³-hybridized carbons (Fsp3) is 1.00. The summed E-state index contributed by atoms with van der Waals surface area (Å²) in [4.78, 5) is 0. The lowest BCUT2D eigenvalue weighted by Gasteiger charge is -2.33. The third-order valence-corrected chi connectivity index (χ3v) is 2.11. The fourth-order valence-electron chi connectivity index (χ4n) is 1.17. The summed E-state index contributed by atoms with van der Waals surface area (Å²) in [6.07, 6.45) is 2.09. The van der Waals surface area contributed by atoms with E-state index in [4.69, 9.17) is 14.2 Å². The SMILES string of the molecule is CCCOC(C)C(O)(OCCC)OCCC. The smallest absolute Gasteiger partial charge is 0.308 e. The van der Waals surface area contributed by atoms with Crippen LogP contribution in [0.3, 0.4) is 0 Å². The molecule has 0 aromatic rings. The molecule has 0 aliphatic heterocycles. The van der Waals surface area contributed by atoms with Gasteiger partial charge in [0.2, 0.25) is 0 Å². The first-order chi connectivity index (χ1) is 7.60. The monoisotopic (exact) mass is 234 g/mol. The highest BCUT2D eigenvalue weighted by atomic mass is 16.8. The van der Waals surface area contributed by atoms with Gasteiger partial charge in [0, 0.05) is 6.61 Å². The Morgan fingerprint density at radius 1 is 0.938 bits per heavy atom. The van der Waals surface area contributed by atoms with Gasteiger partial charge in [0.15, 0.2) is 0 Å². The van der Waals surface area contributed by atoms with Gasteiger partial charge >= 0.3 is 5.97 Å². The number of hydrogen-bond donors (Lipinski definition) is 1. The topological polar surface area (TPSA) is 47.9 Å². The van der Waals surface area contributed by atoms with Gasteiger partial charge in [-0.3, -0.25) is 0 Å². The van der Waals surface area contributed by atoms with Crippen LogP contribution in [0.1, 0.15) is 47.0 Å². The summed E-state index contributed by atoms with van der Waals surface area (Å²) in [5.74, 6) is -1.61. The van der Waals surface area contributed by atoms with E-state index in [1.807, 2.05) is 20.8 Å². The van der Waals surface area contributed by atoms with Crippen molar-refractivity contribution in [2.75, 3.05) is 19.8 Å². The Balaban J connectivity index is 4.24. The summed E-state index contributed by atoms with van der Waals surface area (Å²) >= 11 is 0. The van der Waals surface area contributed by atoms with Crippen LogP contribution in [0.15, 0.2) is 0 Å². The molecule has 1 atom stereocenters. The number of hydrogen-bond acceptors (Lipinski definition) is 4. The summed E-state index contributed by atoms with van der Waals surface area (Å²) in [6.45, 7) is 9.26. The second kappa shape index (κ2) is 8.93. The Morgan fingerprint density at radius 3 is 1.75 bits per heavy atom. The summed E-state index contributed by atoms with van der Waals surface area (Å²) in [5, 5.41) is 10.2. The third kappa shape index (κ3) is 5.80. The molecule has 0 amide bonds. The molecule has 4 heteroatoms. The van der Waals surface area contributed by atoms with Crippen molar-refractivity contribution in [2.45, 2.75) is 59.0 Å². The normalized spacial score (nSPS) is 14.1. The maximum absolute atomic E-state index is 10.2. The van der Waals surface area contributed by atoms with Crippen LogP contribution in [0.4, 0.5) is 0 Å². The van der Waals surface area contributed by atoms with Gasteiger partial charge in [-0.1, -0.05) is 20.8 Å². The molecule has 98 valence electrons. The standard InChI is InChI=1S/C12H26O4/c1-5-8-14-11(4)12(13,15-9-6-2)16-10-7-3/h11,13H,5-10H2,1-4H3. The first kappa shape index (κ1) is 15.8. The summed E-state index contributed by atoms with van der Waals surface area (Å²) in [6, 6.07) is 0. The number of rotatable bonds is 10. The molecule has 0 aromatic carbocycles. The maximum atomic E-state index is 10.2. The van der Waals surface area contributed by atoms with E-state index in [2.05, 4.69) is 0 Å². The highest BCUT2D eigenvalue weighted by Crippen LogP contribution is 2.18. The molecule has 0 saturated heterocycles. The summed E-state index contributed by atoms with van der Waals surface area (Å²) in [5.41, 5.74) is 0. The lowest BCUT2D eigenvalue weighted by Crippen LogP contribution is -2.48. The molecule has 0 fully saturated rings. The first-order valence-electron chi connectivity index (χ1n) is 6.22. The molecule has 0 spiro atoms. The molecule has 0 aromatic heterocycles. The van der Waals surface area contributed by atoms with Gasteiger partial charge in [0.1, 0.15) is 6.10 Å². The van der Waals surface area contributed by atoms with Gasteiger partial charge in [-0.2, -0.15) is 0 Å². The van der Waals surface area contributed by atoms with Crippen LogP contribution in [0.2, 0.25) is 0 Å². The van der Waals surface area contributed by atoms with Gasteiger partial charge in [0.25, 0.3) is 0 Å². The zero-order valence-corrected chi connectivity index (χ0v) is 11.0. The molecule has 16 heavy (non-hydrogen) atoms. The minimum atomic E-state index is -1.61. The molecule has 1 unspecified atom stereocenters.